The molecule has 0 spiro atoms. The minimum Gasteiger partial charge on any atom is -0.476 e. The number of nitrogens with zero attached hydrogens (tertiary/aromatic N) is 5. The van der Waals surface area contributed by atoms with E-state index in [1.165, 1.54) is 64.4 Å². The van der Waals surface area contributed by atoms with Crippen molar-refractivity contribution < 1.29 is 27.5 Å². The molecule has 0 aliphatic rings. The van der Waals surface area contributed by atoms with Gasteiger partial charge in [0.05, 0.1) is 29.0 Å². The zero-order chi connectivity index (χ0) is 27.3. The van der Waals surface area contributed by atoms with Crippen LogP contribution >= 0.6 is 0 Å². The molecule has 11 nitrogen and oxygen atoms in total. The summed E-state index contributed by atoms with van der Waals surface area (Å²) < 4.78 is 43.3. The van der Waals surface area contributed by atoms with Crippen LogP contribution in [0.2, 0.25) is 0 Å². The molecule has 0 fully saturated rings. The Labute approximate surface area is 217 Å². The Hall–Kier alpha value is -4.49. The average molecular weight is 539 g/mol. The number of likely N-dealkylation sites (N-methyl/N-ethyl adjacent to an activating group) is 1. The van der Waals surface area contributed by atoms with Gasteiger partial charge in [-0.05, 0) is 48.4 Å². The molecule has 1 amide bonds. The largest absolute Gasteiger partial charge is 0.476 e. The molecule has 0 atom stereocenters. The molecular weight excluding hydrogens is 515 g/mol. The number of carboxylic acids is 1. The summed E-state index contributed by atoms with van der Waals surface area (Å²) in [6.07, 6.45) is 3.03. The van der Waals surface area contributed by atoms with Crippen LogP contribution in [0.25, 0.3) is 5.69 Å². The van der Waals surface area contributed by atoms with Gasteiger partial charge in [0.2, 0.25) is 10.0 Å². The van der Waals surface area contributed by atoms with Crippen LogP contribution in [0.3, 0.4) is 0 Å². The third-order valence-corrected chi connectivity index (χ3v) is 7.03. The Bertz CT molecular complexity index is 1590. The van der Waals surface area contributed by atoms with Gasteiger partial charge in [0, 0.05) is 25.4 Å². The van der Waals surface area contributed by atoms with E-state index in [1.54, 1.807) is 25.2 Å². The molecule has 0 unspecified atom stereocenters. The number of hydrogen-bond acceptors (Lipinski definition) is 7. The van der Waals surface area contributed by atoms with Crippen LogP contribution in [0.15, 0.2) is 78.0 Å². The van der Waals surface area contributed by atoms with Crippen LogP contribution in [0.1, 0.15) is 32.1 Å². The van der Waals surface area contributed by atoms with Crippen molar-refractivity contribution in [2.24, 2.45) is 0 Å². The van der Waals surface area contributed by atoms with Crippen molar-refractivity contribution in [2.75, 3.05) is 13.6 Å². The summed E-state index contributed by atoms with van der Waals surface area (Å²) >= 11 is 0. The fourth-order valence-corrected chi connectivity index (χ4v) is 4.65. The number of carbonyl (C=O) groups is 2. The van der Waals surface area contributed by atoms with Gasteiger partial charge in [0.25, 0.3) is 5.91 Å². The van der Waals surface area contributed by atoms with Crippen LogP contribution < -0.4 is 4.72 Å². The van der Waals surface area contributed by atoms with Crippen molar-refractivity contribution >= 4 is 21.9 Å². The van der Waals surface area contributed by atoms with Gasteiger partial charge in [-0.25, -0.2) is 32.0 Å². The molecule has 0 bridgehead atoms. The smallest absolute Gasteiger partial charge is 0.356 e. The van der Waals surface area contributed by atoms with Crippen molar-refractivity contribution in [2.45, 2.75) is 17.9 Å². The van der Waals surface area contributed by atoms with E-state index < -0.39 is 21.9 Å². The zero-order valence-corrected chi connectivity index (χ0v) is 21.0. The maximum atomic E-state index is 13.9. The van der Waals surface area contributed by atoms with Crippen molar-refractivity contribution in [1.82, 2.24) is 29.6 Å². The van der Waals surface area contributed by atoms with Gasteiger partial charge in [-0.3, -0.25) is 4.79 Å². The quantitative estimate of drug-likeness (QED) is 0.313. The van der Waals surface area contributed by atoms with E-state index >= 15 is 0 Å². The number of pyridine rings is 1. The van der Waals surface area contributed by atoms with E-state index in [9.17, 15) is 27.5 Å². The molecule has 0 aliphatic heterocycles. The maximum absolute atomic E-state index is 13.9. The second kappa shape index (κ2) is 11.3. The first-order valence-corrected chi connectivity index (χ1v) is 12.8. The topological polar surface area (TPSA) is 147 Å². The van der Waals surface area contributed by atoms with E-state index in [4.69, 9.17) is 0 Å². The summed E-state index contributed by atoms with van der Waals surface area (Å²) in [5.74, 6) is -2.01. The Morgan fingerprint density at radius 3 is 2.66 bits per heavy atom. The molecule has 2 aromatic heterocycles. The van der Waals surface area contributed by atoms with Crippen LogP contribution in [-0.2, 0) is 23.0 Å². The number of aromatic nitrogens is 4. The lowest BCUT2D eigenvalue weighted by molar-refractivity contribution is 0.0689. The summed E-state index contributed by atoms with van der Waals surface area (Å²) in [7, 11) is -2.47. The van der Waals surface area contributed by atoms with E-state index in [2.05, 4.69) is 20.0 Å². The number of carbonyl (C=O) groups excluding carboxylic acids is 1. The van der Waals surface area contributed by atoms with E-state index in [-0.39, 0.29) is 46.4 Å². The molecule has 38 heavy (non-hydrogen) atoms. The van der Waals surface area contributed by atoms with Crippen molar-refractivity contribution in [3.8, 4) is 5.69 Å². The number of halogens is 1. The molecule has 0 radical (unpaired) electrons. The molecule has 2 N–H and O–H groups in total. The first kappa shape index (κ1) is 26.6. The standard InChI is InChI=1S/C25H23FN6O5S/c1-31(13-11-17-6-2-3-9-21(17)26)24(33)18-7-4-8-20(14-18)38(36,37)28-15-19-16-32(30-29-19)22-10-5-12-27-23(22)25(34)35/h2-10,12,14,16,28H,11,13,15H2,1H3,(H,34,35). The predicted octanol–water partition coefficient (Wildman–Crippen LogP) is 2.29. The summed E-state index contributed by atoms with van der Waals surface area (Å²) in [4.78, 5) is 29.3. The van der Waals surface area contributed by atoms with Gasteiger partial charge < -0.3 is 10.0 Å². The normalized spacial score (nSPS) is 11.3. The highest BCUT2D eigenvalue weighted by atomic mass is 32.2. The SMILES string of the molecule is CN(CCc1ccccc1F)C(=O)c1cccc(S(=O)(=O)NCc2cn(-c3cccnc3C(=O)O)nn2)c1. The summed E-state index contributed by atoms with van der Waals surface area (Å²) in [6.45, 7) is 0.0108. The minimum atomic E-state index is -4.03. The molecular formula is C25H23FN6O5S. The molecule has 0 aliphatic carbocycles. The van der Waals surface area contributed by atoms with Gasteiger partial charge in [-0.15, -0.1) is 5.10 Å². The monoisotopic (exact) mass is 538 g/mol. The molecule has 4 rings (SSSR count). The number of benzene rings is 2. The van der Waals surface area contributed by atoms with Crippen LogP contribution in [0.5, 0.6) is 0 Å². The van der Waals surface area contributed by atoms with Gasteiger partial charge in [-0.1, -0.05) is 29.5 Å². The third-order valence-electron chi connectivity index (χ3n) is 5.63. The van der Waals surface area contributed by atoms with E-state index in [1.807, 2.05) is 0 Å². The van der Waals surface area contributed by atoms with Crippen LogP contribution in [0, 0.1) is 5.82 Å². The molecule has 2 aromatic carbocycles. The fourth-order valence-electron chi connectivity index (χ4n) is 3.60. The Morgan fingerprint density at radius 1 is 1.11 bits per heavy atom. The maximum Gasteiger partial charge on any atom is 0.356 e. The van der Waals surface area contributed by atoms with Crippen molar-refractivity contribution in [3.05, 3.63) is 101 Å². The Morgan fingerprint density at radius 2 is 1.89 bits per heavy atom. The fraction of sp³-hybridized carbons (Fsp3) is 0.160. The highest BCUT2D eigenvalue weighted by molar-refractivity contribution is 7.89. The summed E-state index contributed by atoms with van der Waals surface area (Å²) in [6, 6.07) is 14.9. The van der Waals surface area contributed by atoms with Gasteiger partial charge in [0.1, 0.15) is 5.82 Å². The zero-order valence-electron chi connectivity index (χ0n) is 20.2. The number of rotatable bonds is 10. The molecule has 196 valence electrons. The van der Waals surface area contributed by atoms with Crippen molar-refractivity contribution in [3.63, 3.8) is 0 Å². The molecule has 4 aromatic rings. The van der Waals surface area contributed by atoms with Crippen LogP contribution in [0.4, 0.5) is 4.39 Å². The van der Waals surface area contributed by atoms with Crippen LogP contribution in [-0.4, -0.2) is 63.9 Å². The van der Waals surface area contributed by atoms with Gasteiger partial charge in [-0.2, -0.15) is 0 Å². The Kier molecular flexibility index (Phi) is 7.88. The number of hydrogen-bond donors (Lipinski definition) is 2. The number of aromatic carboxylic acids is 1. The summed E-state index contributed by atoms with van der Waals surface area (Å²) in [5.41, 5.74) is 0.811. The average Bonchev–Trinajstić information content (AvgIpc) is 3.40. The number of nitrogens with one attached hydrogen (secondary N) is 1. The molecule has 2 heterocycles. The lowest BCUT2D eigenvalue weighted by Gasteiger charge is -2.18. The molecule has 0 saturated heterocycles. The highest BCUT2D eigenvalue weighted by Crippen LogP contribution is 2.16. The summed E-state index contributed by atoms with van der Waals surface area (Å²) in [5, 5.41) is 17.0. The first-order chi connectivity index (χ1) is 18.2. The molecule has 0 saturated carbocycles. The number of sulfonamides is 1. The lowest BCUT2D eigenvalue weighted by Crippen LogP contribution is -2.29. The van der Waals surface area contributed by atoms with E-state index in [0.717, 1.165) is 0 Å². The van der Waals surface area contributed by atoms with Crippen molar-refractivity contribution in [1.29, 1.82) is 0 Å². The minimum absolute atomic E-state index is 0.126. The van der Waals surface area contributed by atoms with Gasteiger partial charge >= 0.3 is 5.97 Å². The predicted molar refractivity (Wildman–Crippen MR) is 134 cm³/mol. The molecule has 13 heteroatoms. The first-order valence-electron chi connectivity index (χ1n) is 11.3. The number of amides is 1. The second-order valence-electron chi connectivity index (χ2n) is 8.25. The lowest BCUT2D eigenvalue weighted by atomic mass is 10.1. The second-order valence-corrected chi connectivity index (χ2v) is 10.0. The third kappa shape index (κ3) is 6.07. The highest BCUT2D eigenvalue weighted by Gasteiger charge is 2.20. The van der Waals surface area contributed by atoms with Gasteiger partial charge in [0.15, 0.2) is 5.69 Å². The Balaban J connectivity index is 1.42. The van der Waals surface area contributed by atoms with E-state index in [0.29, 0.717) is 12.0 Å². The number of carboxylic acid groups (broad SMARTS) is 1.